The van der Waals surface area contributed by atoms with E-state index in [0.717, 1.165) is 11.1 Å². The highest BCUT2D eigenvalue weighted by atomic mass is 16.6. The van der Waals surface area contributed by atoms with Crippen molar-refractivity contribution in [3.8, 4) is 5.75 Å². The average molecular weight is 197 g/mol. The fraction of sp³-hybridized carbons (Fsp3) is 0.400. The van der Waals surface area contributed by atoms with Crippen molar-refractivity contribution in [2.24, 2.45) is 5.90 Å². The normalized spacial score (nSPS) is 10.2. The van der Waals surface area contributed by atoms with Gasteiger partial charge in [-0.05, 0) is 5.56 Å². The second-order valence-corrected chi connectivity index (χ2v) is 2.89. The van der Waals surface area contributed by atoms with E-state index in [4.69, 9.17) is 15.7 Å². The van der Waals surface area contributed by atoms with Crippen LogP contribution in [0, 0.1) is 0 Å². The maximum absolute atomic E-state index is 9.06. The lowest BCUT2D eigenvalue weighted by Gasteiger charge is -2.11. The van der Waals surface area contributed by atoms with Gasteiger partial charge in [-0.3, -0.25) is 0 Å². The van der Waals surface area contributed by atoms with Crippen LogP contribution in [0.2, 0.25) is 0 Å². The standard InChI is InChI=1S/C10H15NO3/c1-13-10-8(5-6-14-11)3-2-4-9(10)7-12/h2-4,12H,5-7,11H2,1H3. The van der Waals surface area contributed by atoms with E-state index in [1.54, 1.807) is 7.11 Å². The van der Waals surface area contributed by atoms with Crippen molar-refractivity contribution < 1.29 is 14.7 Å². The average Bonchev–Trinajstić information content (AvgIpc) is 2.25. The molecule has 0 aliphatic rings. The first-order chi connectivity index (χ1) is 6.83. The van der Waals surface area contributed by atoms with Crippen LogP contribution in [0.4, 0.5) is 0 Å². The zero-order chi connectivity index (χ0) is 10.4. The summed E-state index contributed by atoms with van der Waals surface area (Å²) in [6.07, 6.45) is 0.674. The smallest absolute Gasteiger partial charge is 0.127 e. The molecule has 0 unspecified atom stereocenters. The summed E-state index contributed by atoms with van der Waals surface area (Å²) in [7, 11) is 1.58. The quantitative estimate of drug-likeness (QED) is 0.679. The summed E-state index contributed by atoms with van der Waals surface area (Å²) in [6, 6.07) is 5.63. The van der Waals surface area contributed by atoms with Gasteiger partial charge in [-0.25, -0.2) is 5.90 Å². The van der Waals surface area contributed by atoms with E-state index in [1.807, 2.05) is 18.2 Å². The third kappa shape index (κ3) is 2.45. The Morgan fingerprint density at radius 1 is 1.36 bits per heavy atom. The molecule has 78 valence electrons. The summed E-state index contributed by atoms with van der Waals surface area (Å²) >= 11 is 0. The molecule has 0 atom stereocenters. The maximum Gasteiger partial charge on any atom is 0.127 e. The molecule has 0 aliphatic heterocycles. The van der Waals surface area contributed by atoms with Gasteiger partial charge in [0.25, 0.3) is 0 Å². The minimum absolute atomic E-state index is 0.0273. The van der Waals surface area contributed by atoms with Crippen molar-refractivity contribution in [3.63, 3.8) is 0 Å². The van der Waals surface area contributed by atoms with E-state index in [-0.39, 0.29) is 6.61 Å². The van der Waals surface area contributed by atoms with Gasteiger partial charge in [0.15, 0.2) is 0 Å². The number of aliphatic hydroxyl groups is 1. The van der Waals surface area contributed by atoms with E-state index in [0.29, 0.717) is 18.8 Å². The van der Waals surface area contributed by atoms with Gasteiger partial charge in [0.05, 0.1) is 20.3 Å². The lowest BCUT2D eigenvalue weighted by molar-refractivity contribution is 0.140. The minimum Gasteiger partial charge on any atom is -0.496 e. The molecule has 0 saturated carbocycles. The van der Waals surface area contributed by atoms with Crippen molar-refractivity contribution >= 4 is 0 Å². The molecule has 0 spiro atoms. The highest BCUT2D eigenvalue weighted by Crippen LogP contribution is 2.24. The third-order valence-electron chi connectivity index (χ3n) is 2.04. The van der Waals surface area contributed by atoms with Gasteiger partial charge >= 0.3 is 0 Å². The molecular weight excluding hydrogens is 182 g/mol. The van der Waals surface area contributed by atoms with Crippen molar-refractivity contribution in [3.05, 3.63) is 29.3 Å². The van der Waals surface area contributed by atoms with Gasteiger partial charge in [-0.1, -0.05) is 18.2 Å². The number of rotatable bonds is 5. The molecule has 4 nitrogen and oxygen atoms in total. The number of methoxy groups -OCH3 is 1. The molecule has 0 saturated heterocycles. The number of para-hydroxylation sites is 1. The van der Waals surface area contributed by atoms with Crippen molar-refractivity contribution in [2.75, 3.05) is 13.7 Å². The lowest BCUT2D eigenvalue weighted by Crippen LogP contribution is -2.05. The zero-order valence-electron chi connectivity index (χ0n) is 8.19. The zero-order valence-corrected chi connectivity index (χ0v) is 8.19. The Bertz CT molecular complexity index is 289. The first-order valence-corrected chi connectivity index (χ1v) is 4.40. The van der Waals surface area contributed by atoms with Crippen LogP contribution in [-0.4, -0.2) is 18.8 Å². The summed E-state index contributed by atoms with van der Waals surface area (Å²) in [5, 5.41) is 9.06. The van der Waals surface area contributed by atoms with E-state index in [9.17, 15) is 0 Å². The fourth-order valence-electron chi connectivity index (χ4n) is 1.39. The lowest BCUT2D eigenvalue weighted by atomic mass is 10.1. The predicted molar refractivity (Wildman–Crippen MR) is 52.8 cm³/mol. The molecule has 0 bridgehead atoms. The monoisotopic (exact) mass is 197 g/mol. The summed E-state index contributed by atoms with van der Waals surface area (Å²) in [5.74, 6) is 5.66. The van der Waals surface area contributed by atoms with Crippen LogP contribution in [0.3, 0.4) is 0 Å². The van der Waals surface area contributed by atoms with Crippen molar-refractivity contribution in [1.82, 2.24) is 0 Å². The first kappa shape index (κ1) is 11.0. The second-order valence-electron chi connectivity index (χ2n) is 2.89. The Morgan fingerprint density at radius 3 is 2.64 bits per heavy atom. The molecule has 0 fully saturated rings. The molecule has 1 rings (SSSR count). The Kier molecular flexibility index (Phi) is 4.39. The van der Waals surface area contributed by atoms with Crippen LogP contribution < -0.4 is 10.6 Å². The number of hydrogen-bond donors (Lipinski definition) is 2. The highest BCUT2D eigenvalue weighted by Gasteiger charge is 2.07. The summed E-state index contributed by atoms with van der Waals surface area (Å²) < 4.78 is 5.21. The maximum atomic E-state index is 9.06. The first-order valence-electron chi connectivity index (χ1n) is 4.40. The molecular formula is C10H15NO3. The molecule has 0 aliphatic carbocycles. The Morgan fingerprint density at radius 2 is 2.07 bits per heavy atom. The molecule has 14 heavy (non-hydrogen) atoms. The van der Waals surface area contributed by atoms with Gasteiger partial charge in [0.1, 0.15) is 5.75 Å². The van der Waals surface area contributed by atoms with E-state index < -0.39 is 0 Å². The second kappa shape index (κ2) is 5.59. The Hall–Kier alpha value is -1.10. The van der Waals surface area contributed by atoms with Crippen molar-refractivity contribution in [2.45, 2.75) is 13.0 Å². The van der Waals surface area contributed by atoms with Crippen LogP contribution >= 0.6 is 0 Å². The predicted octanol–water partition coefficient (Wildman–Crippen LogP) is 0.620. The summed E-state index contributed by atoms with van der Waals surface area (Å²) in [5.41, 5.74) is 1.77. The Balaban J connectivity index is 2.90. The molecule has 1 aromatic rings. The number of nitrogens with two attached hydrogens (primary N) is 1. The Labute approximate surface area is 83.2 Å². The van der Waals surface area contributed by atoms with Gasteiger partial charge in [-0.2, -0.15) is 0 Å². The molecule has 0 aromatic heterocycles. The van der Waals surface area contributed by atoms with Gasteiger partial charge in [0.2, 0.25) is 0 Å². The molecule has 1 aromatic carbocycles. The molecule has 0 amide bonds. The molecule has 0 radical (unpaired) electrons. The number of benzene rings is 1. The topological polar surface area (TPSA) is 64.7 Å². The number of aliphatic hydroxyl groups excluding tert-OH is 1. The van der Waals surface area contributed by atoms with Crippen LogP contribution in [0.1, 0.15) is 11.1 Å². The summed E-state index contributed by atoms with van der Waals surface area (Å²) in [6.45, 7) is 0.408. The van der Waals surface area contributed by atoms with Gasteiger partial charge in [0, 0.05) is 12.0 Å². The highest BCUT2D eigenvalue weighted by molar-refractivity contribution is 5.41. The minimum atomic E-state index is -0.0273. The van der Waals surface area contributed by atoms with Gasteiger partial charge in [-0.15, -0.1) is 0 Å². The SMILES string of the molecule is COc1c(CO)cccc1CCON. The van der Waals surface area contributed by atoms with E-state index in [2.05, 4.69) is 4.84 Å². The molecule has 3 N–H and O–H groups in total. The fourth-order valence-corrected chi connectivity index (χ4v) is 1.39. The molecule has 4 heteroatoms. The largest absolute Gasteiger partial charge is 0.496 e. The number of ether oxygens (including phenoxy) is 1. The van der Waals surface area contributed by atoms with Crippen LogP contribution in [0.5, 0.6) is 5.75 Å². The van der Waals surface area contributed by atoms with Crippen LogP contribution in [0.25, 0.3) is 0 Å². The summed E-state index contributed by atoms with van der Waals surface area (Å²) in [4.78, 5) is 4.50. The third-order valence-corrected chi connectivity index (χ3v) is 2.04. The van der Waals surface area contributed by atoms with E-state index in [1.165, 1.54) is 0 Å². The van der Waals surface area contributed by atoms with Crippen LogP contribution in [0.15, 0.2) is 18.2 Å². The van der Waals surface area contributed by atoms with Gasteiger partial charge < -0.3 is 14.7 Å². The van der Waals surface area contributed by atoms with Crippen LogP contribution in [-0.2, 0) is 17.9 Å². The van der Waals surface area contributed by atoms with Crippen molar-refractivity contribution in [1.29, 1.82) is 0 Å². The molecule has 0 heterocycles. The van der Waals surface area contributed by atoms with E-state index >= 15 is 0 Å². The number of hydrogen-bond acceptors (Lipinski definition) is 4.